The summed E-state index contributed by atoms with van der Waals surface area (Å²) in [5.41, 5.74) is 1.70. The van der Waals surface area contributed by atoms with Gasteiger partial charge in [0.25, 0.3) is 0 Å². The lowest BCUT2D eigenvalue weighted by atomic mass is 10.1. The Labute approximate surface area is 189 Å². The lowest BCUT2D eigenvalue weighted by Gasteiger charge is -2.34. The van der Waals surface area contributed by atoms with Crippen molar-refractivity contribution in [3.8, 4) is 5.75 Å². The van der Waals surface area contributed by atoms with Gasteiger partial charge in [0.1, 0.15) is 17.4 Å². The molecule has 0 amide bonds. The predicted octanol–water partition coefficient (Wildman–Crippen LogP) is 3.04. The van der Waals surface area contributed by atoms with Crippen LogP contribution in [0.2, 0.25) is 0 Å². The third kappa shape index (κ3) is 4.67. The molecule has 5 rings (SSSR count). The molecule has 0 unspecified atom stereocenters. The van der Waals surface area contributed by atoms with Crippen LogP contribution in [0.5, 0.6) is 5.75 Å². The Kier molecular flexibility index (Phi) is 6.19. The van der Waals surface area contributed by atoms with Gasteiger partial charge < -0.3 is 24.8 Å². The second kappa shape index (κ2) is 9.40. The maximum atomic E-state index is 14.0. The fourth-order valence-corrected chi connectivity index (χ4v) is 4.24. The van der Waals surface area contributed by atoms with Crippen molar-refractivity contribution in [3.05, 3.63) is 47.8 Å². The summed E-state index contributed by atoms with van der Waals surface area (Å²) in [6.45, 7) is 2.35. The average molecular weight is 457 g/mol. The standard InChI is InChI=1S/C23H25F2N5O3/c24-14-1-2-20(17(25)11-14)33-16-4-8-30(9-5-16)23-22(27-15-6-10-32-13-15)29-21-18(28-23)3-7-26-19(21)12-31/h1-3,7,11,15-16,31H,4-6,8-10,12-13H2,(H,27,29)/t15-/m1/s1. The van der Waals surface area contributed by atoms with Crippen LogP contribution >= 0.6 is 0 Å². The normalized spacial score (nSPS) is 19.2. The average Bonchev–Trinajstić information content (AvgIpc) is 3.34. The first-order chi connectivity index (χ1) is 16.1. The van der Waals surface area contributed by atoms with E-state index in [1.807, 2.05) is 0 Å². The molecule has 2 aromatic heterocycles. The lowest BCUT2D eigenvalue weighted by Crippen LogP contribution is -2.39. The van der Waals surface area contributed by atoms with Crippen LogP contribution in [0.25, 0.3) is 11.0 Å². The highest BCUT2D eigenvalue weighted by Gasteiger charge is 2.27. The first kappa shape index (κ1) is 21.7. The Balaban J connectivity index is 1.37. The van der Waals surface area contributed by atoms with E-state index in [9.17, 15) is 13.9 Å². The van der Waals surface area contributed by atoms with Crippen molar-refractivity contribution in [2.75, 3.05) is 36.5 Å². The molecule has 2 saturated heterocycles. The molecule has 8 nitrogen and oxygen atoms in total. The third-order valence-corrected chi connectivity index (χ3v) is 5.99. The van der Waals surface area contributed by atoms with Crippen molar-refractivity contribution < 1.29 is 23.4 Å². The zero-order valence-electron chi connectivity index (χ0n) is 18.0. The van der Waals surface area contributed by atoms with Gasteiger partial charge >= 0.3 is 0 Å². The van der Waals surface area contributed by atoms with Gasteiger partial charge in [-0.1, -0.05) is 0 Å². The number of hydrogen-bond acceptors (Lipinski definition) is 8. The Morgan fingerprint density at radius 2 is 2.00 bits per heavy atom. The minimum Gasteiger partial charge on any atom is -0.487 e. The largest absolute Gasteiger partial charge is 0.487 e. The number of nitrogens with one attached hydrogen (secondary N) is 1. The number of hydrogen-bond donors (Lipinski definition) is 2. The molecule has 33 heavy (non-hydrogen) atoms. The third-order valence-electron chi connectivity index (χ3n) is 5.99. The van der Waals surface area contributed by atoms with E-state index in [0.29, 0.717) is 61.7 Å². The van der Waals surface area contributed by atoms with Crippen LogP contribution in [0.1, 0.15) is 25.0 Å². The number of fused-ring (bicyclic) bond motifs is 1. The number of pyridine rings is 1. The van der Waals surface area contributed by atoms with E-state index in [1.54, 1.807) is 12.3 Å². The van der Waals surface area contributed by atoms with Crippen molar-refractivity contribution in [1.29, 1.82) is 0 Å². The highest BCUT2D eigenvalue weighted by molar-refractivity contribution is 5.82. The molecule has 2 aliphatic rings. The van der Waals surface area contributed by atoms with Crippen LogP contribution < -0.4 is 15.0 Å². The summed E-state index contributed by atoms with van der Waals surface area (Å²) in [6.07, 6.45) is 3.61. The summed E-state index contributed by atoms with van der Waals surface area (Å²) >= 11 is 0. The second-order valence-corrected chi connectivity index (χ2v) is 8.26. The van der Waals surface area contributed by atoms with Crippen LogP contribution in [-0.4, -0.2) is 58.5 Å². The molecule has 3 aromatic rings. The number of benzene rings is 1. The maximum absolute atomic E-state index is 14.0. The molecule has 2 fully saturated rings. The summed E-state index contributed by atoms with van der Waals surface area (Å²) in [5, 5.41) is 13.1. The quantitative estimate of drug-likeness (QED) is 0.584. The number of halogens is 2. The molecule has 4 heterocycles. The molecule has 0 aliphatic carbocycles. The van der Waals surface area contributed by atoms with E-state index in [-0.39, 0.29) is 24.5 Å². The van der Waals surface area contributed by atoms with Gasteiger partial charge in [0.05, 0.1) is 30.5 Å². The van der Waals surface area contributed by atoms with Crippen molar-refractivity contribution >= 4 is 22.7 Å². The Bertz CT molecular complexity index is 1130. The van der Waals surface area contributed by atoms with Crippen molar-refractivity contribution in [2.24, 2.45) is 0 Å². The number of nitrogens with zero attached hydrogens (tertiary/aromatic N) is 4. The minimum absolute atomic E-state index is 0.0629. The molecule has 174 valence electrons. The van der Waals surface area contributed by atoms with Crippen molar-refractivity contribution in [1.82, 2.24) is 15.0 Å². The van der Waals surface area contributed by atoms with E-state index in [1.165, 1.54) is 12.1 Å². The highest BCUT2D eigenvalue weighted by Crippen LogP contribution is 2.31. The number of ether oxygens (including phenoxy) is 2. The van der Waals surface area contributed by atoms with Crippen LogP contribution in [-0.2, 0) is 11.3 Å². The van der Waals surface area contributed by atoms with Crippen molar-refractivity contribution in [3.63, 3.8) is 0 Å². The molecular formula is C23H25F2N5O3. The van der Waals surface area contributed by atoms with Crippen LogP contribution in [0.4, 0.5) is 20.4 Å². The summed E-state index contributed by atoms with van der Waals surface area (Å²) in [4.78, 5) is 16.0. The fraction of sp³-hybridized carbons (Fsp3) is 0.435. The lowest BCUT2D eigenvalue weighted by molar-refractivity contribution is 0.163. The second-order valence-electron chi connectivity index (χ2n) is 8.26. The zero-order valence-corrected chi connectivity index (χ0v) is 18.0. The molecule has 1 aromatic carbocycles. The summed E-state index contributed by atoms with van der Waals surface area (Å²) in [5.74, 6) is 0.0849. The van der Waals surface area contributed by atoms with Crippen LogP contribution in [0.15, 0.2) is 30.5 Å². The number of aliphatic hydroxyl groups excluding tert-OH is 1. The van der Waals surface area contributed by atoms with Crippen molar-refractivity contribution in [2.45, 2.75) is 38.0 Å². The van der Waals surface area contributed by atoms with E-state index >= 15 is 0 Å². The van der Waals surface area contributed by atoms with Gasteiger partial charge in [0.2, 0.25) is 0 Å². The maximum Gasteiger partial charge on any atom is 0.172 e. The van der Waals surface area contributed by atoms with Gasteiger partial charge in [-0.25, -0.2) is 18.7 Å². The van der Waals surface area contributed by atoms with E-state index in [2.05, 4.69) is 15.2 Å². The van der Waals surface area contributed by atoms with Gasteiger partial charge in [0, 0.05) is 44.8 Å². The highest BCUT2D eigenvalue weighted by atomic mass is 19.1. The zero-order chi connectivity index (χ0) is 22.8. The molecule has 1 atom stereocenters. The first-order valence-electron chi connectivity index (χ1n) is 11.1. The van der Waals surface area contributed by atoms with E-state index in [0.717, 1.165) is 18.3 Å². The molecule has 0 radical (unpaired) electrons. The monoisotopic (exact) mass is 457 g/mol. The predicted molar refractivity (Wildman–Crippen MR) is 118 cm³/mol. The number of piperidine rings is 1. The van der Waals surface area contributed by atoms with Gasteiger partial charge in [-0.2, -0.15) is 0 Å². The summed E-state index contributed by atoms with van der Waals surface area (Å²) in [6, 6.07) is 5.26. The Morgan fingerprint density at radius 3 is 2.73 bits per heavy atom. The SMILES string of the molecule is OCc1nccc2nc(N3CCC(Oc4ccc(F)cc4F)CC3)c(N[C@@H]3CCOC3)nc12. The number of aromatic nitrogens is 3. The van der Waals surface area contributed by atoms with Gasteiger partial charge in [-0.05, 0) is 24.6 Å². The topological polar surface area (TPSA) is 92.6 Å². The molecular weight excluding hydrogens is 432 g/mol. The van der Waals surface area contributed by atoms with Gasteiger partial charge in [-0.3, -0.25) is 4.98 Å². The number of aliphatic hydroxyl groups is 1. The smallest absolute Gasteiger partial charge is 0.172 e. The molecule has 10 heteroatoms. The fourth-order valence-electron chi connectivity index (χ4n) is 4.24. The molecule has 2 aliphatic heterocycles. The van der Waals surface area contributed by atoms with Gasteiger partial charge in [0.15, 0.2) is 23.2 Å². The van der Waals surface area contributed by atoms with Gasteiger partial charge in [-0.15, -0.1) is 0 Å². The molecule has 0 bridgehead atoms. The number of anilines is 2. The van der Waals surface area contributed by atoms with Crippen LogP contribution in [0.3, 0.4) is 0 Å². The Hall–Kier alpha value is -3.11. The minimum atomic E-state index is -0.698. The molecule has 0 spiro atoms. The summed E-state index contributed by atoms with van der Waals surface area (Å²) < 4.78 is 38.4. The number of rotatable bonds is 6. The molecule has 2 N–H and O–H groups in total. The Morgan fingerprint density at radius 1 is 1.15 bits per heavy atom. The first-order valence-corrected chi connectivity index (χ1v) is 11.1. The van der Waals surface area contributed by atoms with E-state index in [4.69, 9.17) is 19.4 Å². The summed E-state index contributed by atoms with van der Waals surface area (Å²) in [7, 11) is 0. The molecule has 0 saturated carbocycles. The van der Waals surface area contributed by atoms with E-state index < -0.39 is 11.6 Å². The van der Waals surface area contributed by atoms with Crippen LogP contribution in [0, 0.1) is 11.6 Å².